The molecular formula is C22H27N3O3. The molecule has 0 spiro atoms. The van der Waals surface area contributed by atoms with Crippen LogP contribution in [-0.2, 0) is 11.2 Å². The first-order chi connectivity index (χ1) is 13.5. The van der Waals surface area contributed by atoms with Gasteiger partial charge in [0.1, 0.15) is 5.75 Å². The van der Waals surface area contributed by atoms with Crippen molar-refractivity contribution in [3.05, 3.63) is 53.1 Å². The molecule has 28 heavy (non-hydrogen) atoms. The minimum Gasteiger partial charge on any atom is -0.496 e. The van der Waals surface area contributed by atoms with Crippen molar-refractivity contribution in [1.82, 2.24) is 14.9 Å². The molecule has 3 rings (SSSR count). The van der Waals surface area contributed by atoms with Crippen molar-refractivity contribution in [2.24, 2.45) is 5.92 Å². The van der Waals surface area contributed by atoms with Crippen LogP contribution in [-0.4, -0.2) is 46.8 Å². The summed E-state index contributed by atoms with van der Waals surface area (Å²) in [4.78, 5) is 35.7. The van der Waals surface area contributed by atoms with Gasteiger partial charge in [-0.2, -0.15) is 0 Å². The highest BCUT2D eigenvalue weighted by Crippen LogP contribution is 2.28. The zero-order valence-electron chi connectivity index (χ0n) is 16.8. The molecule has 1 unspecified atom stereocenters. The van der Waals surface area contributed by atoms with Crippen LogP contribution >= 0.6 is 0 Å². The number of aromatic nitrogens is 2. The van der Waals surface area contributed by atoms with E-state index in [0.29, 0.717) is 31.5 Å². The molecule has 1 atom stereocenters. The molecule has 0 bridgehead atoms. The summed E-state index contributed by atoms with van der Waals surface area (Å²) in [5.41, 5.74) is 3.43. The molecule has 6 heteroatoms. The maximum Gasteiger partial charge on any atom is 0.222 e. The number of likely N-dealkylation sites (tertiary alicyclic amines) is 1. The molecule has 0 saturated carbocycles. The third kappa shape index (κ3) is 4.55. The fourth-order valence-corrected chi connectivity index (χ4v) is 3.92. The Morgan fingerprint density at radius 1 is 1.21 bits per heavy atom. The van der Waals surface area contributed by atoms with Crippen LogP contribution < -0.4 is 4.74 Å². The largest absolute Gasteiger partial charge is 0.496 e. The number of nitrogens with zero attached hydrogens (tertiary/aromatic N) is 3. The van der Waals surface area contributed by atoms with E-state index < -0.39 is 0 Å². The fraction of sp³-hybridized carbons (Fsp3) is 0.455. The van der Waals surface area contributed by atoms with Crippen LogP contribution in [0.1, 0.15) is 46.4 Å². The Morgan fingerprint density at radius 2 is 1.96 bits per heavy atom. The molecule has 2 aromatic rings. The van der Waals surface area contributed by atoms with E-state index in [1.807, 2.05) is 30.9 Å². The van der Waals surface area contributed by atoms with Gasteiger partial charge in [-0.1, -0.05) is 0 Å². The monoisotopic (exact) mass is 381 g/mol. The molecule has 1 amide bonds. The highest BCUT2D eigenvalue weighted by Gasteiger charge is 2.29. The van der Waals surface area contributed by atoms with Crippen molar-refractivity contribution >= 4 is 11.7 Å². The third-order valence-corrected chi connectivity index (χ3v) is 5.31. The van der Waals surface area contributed by atoms with Crippen molar-refractivity contribution in [2.75, 3.05) is 20.2 Å². The van der Waals surface area contributed by atoms with Crippen molar-refractivity contribution in [2.45, 2.75) is 39.5 Å². The standard InChI is InChI=1S/C22H27N3O3/c1-15-11-18(12-16(2)22(15)28-3)21(27)17-5-4-10-25(14-17)20(26)7-6-19-13-23-8-9-24-19/h8-9,11-13,17H,4-7,10,14H2,1-3H3. The molecule has 0 radical (unpaired) electrons. The number of rotatable bonds is 6. The minimum atomic E-state index is -0.151. The van der Waals surface area contributed by atoms with Crippen molar-refractivity contribution in [3.63, 3.8) is 0 Å². The van der Waals surface area contributed by atoms with E-state index in [1.165, 1.54) is 0 Å². The van der Waals surface area contributed by atoms with Gasteiger partial charge in [0, 0.05) is 49.6 Å². The van der Waals surface area contributed by atoms with E-state index in [2.05, 4.69) is 9.97 Å². The van der Waals surface area contributed by atoms with Gasteiger partial charge < -0.3 is 9.64 Å². The summed E-state index contributed by atoms with van der Waals surface area (Å²) in [6, 6.07) is 3.78. The van der Waals surface area contributed by atoms with Crippen LogP contribution in [0.15, 0.2) is 30.7 Å². The van der Waals surface area contributed by atoms with Gasteiger partial charge in [-0.15, -0.1) is 0 Å². The van der Waals surface area contributed by atoms with Crippen molar-refractivity contribution in [1.29, 1.82) is 0 Å². The van der Waals surface area contributed by atoms with Gasteiger partial charge in [-0.05, 0) is 56.4 Å². The lowest BCUT2D eigenvalue weighted by Gasteiger charge is -2.32. The zero-order chi connectivity index (χ0) is 20.1. The molecule has 1 aliphatic heterocycles. The Bertz CT molecular complexity index is 828. The van der Waals surface area contributed by atoms with Gasteiger partial charge in [-0.25, -0.2) is 0 Å². The maximum atomic E-state index is 13.1. The quantitative estimate of drug-likeness (QED) is 0.719. The second-order valence-corrected chi connectivity index (χ2v) is 7.38. The van der Waals surface area contributed by atoms with Crippen LogP contribution in [0.4, 0.5) is 0 Å². The number of ether oxygens (including phenoxy) is 1. The van der Waals surface area contributed by atoms with Gasteiger partial charge in [-0.3, -0.25) is 19.6 Å². The number of aryl methyl sites for hydroxylation is 3. The Hall–Kier alpha value is -2.76. The van der Waals surface area contributed by atoms with Crippen LogP contribution in [0.5, 0.6) is 5.75 Å². The number of carbonyl (C=O) groups excluding carboxylic acids is 2. The number of amides is 1. The molecule has 1 aliphatic rings. The normalized spacial score (nSPS) is 16.7. The van der Waals surface area contributed by atoms with Crippen LogP contribution in [0.3, 0.4) is 0 Å². The molecule has 1 fully saturated rings. The lowest BCUT2D eigenvalue weighted by Crippen LogP contribution is -2.42. The van der Waals surface area contributed by atoms with E-state index in [1.54, 1.807) is 25.7 Å². The molecule has 2 heterocycles. The molecule has 148 valence electrons. The first-order valence-corrected chi connectivity index (χ1v) is 9.71. The SMILES string of the molecule is COc1c(C)cc(C(=O)C2CCCN(C(=O)CCc3cnccn3)C2)cc1C. The summed E-state index contributed by atoms with van der Waals surface area (Å²) >= 11 is 0. The smallest absolute Gasteiger partial charge is 0.222 e. The van der Waals surface area contributed by atoms with E-state index in [9.17, 15) is 9.59 Å². The van der Waals surface area contributed by atoms with E-state index >= 15 is 0 Å². The second-order valence-electron chi connectivity index (χ2n) is 7.38. The number of hydrogen-bond donors (Lipinski definition) is 0. The summed E-state index contributed by atoms with van der Waals surface area (Å²) in [5.74, 6) is 0.855. The second kappa shape index (κ2) is 8.95. The molecule has 0 aliphatic carbocycles. The number of benzene rings is 1. The fourth-order valence-electron chi connectivity index (χ4n) is 3.92. The lowest BCUT2D eigenvalue weighted by atomic mass is 9.88. The maximum absolute atomic E-state index is 13.1. The minimum absolute atomic E-state index is 0.0743. The van der Waals surface area contributed by atoms with Crippen molar-refractivity contribution < 1.29 is 14.3 Å². The van der Waals surface area contributed by atoms with Gasteiger partial charge in [0.25, 0.3) is 0 Å². The molecule has 0 N–H and O–H groups in total. The van der Waals surface area contributed by atoms with Crippen LogP contribution in [0.2, 0.25) is 0 Å². The lowest BCUT2D eigenvalue weighted by molar-refractivity contribution is -0.132. The number of methoxy groups -OCH3 is 1. The first-order valence-electron chi connectivity index (χ1n) is 9.71. The van der Waals surface area contributed by atoms with Gasteiger partial charge in [0.2, 0.25) is 5.91 Å². The van der Waals surface area contributed by atoms with Crippen LogP contribution in [0, 0.1) is 19.8 Å². The van der Waals surface area contributed by atoms with Gasteiger partial charge in [0.05, 0.1) is 12.8 Å². The van der Waals surface area contributed by atoms with E-state index in [-0.39, 0.29) is 17.6 Å². The summed E-state index contributed by atoms with van der Waals surface area (Å²) in [5, 5.41) is 0. The first kappa shape index (κ1) is 20.0. The summed E-state index contributed by atoms with van der Waals surface area (Å²) < 4.78 is 5.39. The number of hydrogen-bond acceptors (Lipinski definition) is 5. The topological polar surface area (TPSA) is 72.4 Å². The van der Waals surface area contributed by atoms with Crippen LogP contribution in [0.25, 0.3) is 0 Å². The molecule has 1 aromatic heterocycles. The Balaban J connectivity index is 1.64. The number of carbonyl (C=O) groups is 2. The zero-order valence-corrected chi connectivity index (χ0v) is 16.8. The third-order valence-electron chi connectivity index (χ3n) is 5.31. The molecular weight excluding hydrogens is 354 g/mol. The Labute approximate surface area is 165 Å². The summed E-state index contributed by atoms with van der Waals surface area (Å²) in [6.07, 6.45) is 7.56. The Kier molecular flexibility index (Phi) is 6.39. The predicted molar refractivity (Wildman–Crippen MR) is 106 cm³/mol. The number of Topliss-reactive ketones (excluding diaryl/α,β-unsaturated/α-hetero) is 1. The Morgan fingerprint density at radius 3 is 2.61 bits per heavy atom. The molecule has 1 aromatic carbocycles. The van der Waals surface area contributed by atoms with E-state index in [4.69, 9.17) is 4.74 Å². The number of ketones is 1. The van der Waals surface area contributed by atoms with Crippen molar-refractivity contribution in [3.8, 4) is 5.75 Å². The molecule has 6 nitrogen and oxygen atoms in total. The highest BCUT2D eigenvalue weighted by atomic mass is 16.5. The summed E-state index contributed by atoms with van der Waals surface area (Å²) in [7, 11) is 1.64. The van der Waals surface area contributed by atoms with Gasteiger partial charge in [0.15, 0.2) is 5.78 Å². The average molecular weight is 381 g/mol. The molecule has 1 saturated heterocycles. The van der Waals surface area contributed by atoms with Gasteiger partial charge >= 0.3 is 0 Å². The predicted octanol–water partition coefficient (Wildman–Crippen LogP) is 3.16. The average Bonchev–Trinajstić information content (AvgIpc) is 2.72. The number of piperidine rings is 1. The van der Waals surface area contributed by atoms with E-state index in [0.717, 1.165) is 35.4 Å². The highest BCUT2D eigenvalue weighted by molar-refractivity contribution is 5.99. The summed E-state index contributed by atoms with van der Waals surface area (Å²) in [6.45, 7) is 5.10.